The summed E-state index contributed by atoms with van der Waals surface area (Å²) < 4.78 is 16.9. The van der Waals surface area contributed by atoms with Crippen LogP contribution >= 0.6 is 0 Å². The second-order valence-electron chi connectivity index (χ2n) is 21.7. The van der Waals surface area contributed by atoms with Crippen LogP contribution in [0.1, 0.15) is 348 Å². The van der Waals surface area contributed by atoms with E-state index in [0.717, 1.165) is 89.9 Å². The minimum Gasteiger partial charge on any atom is -0.462 e. The van der Waals surface area contributed by atoms with Crippen molar-refractivity contribution in [3.8, 4) is 0 Å². The number of carbonyl (C=O) groups excluding carboxylic acids is 3. The highest BCUT2D eigenvalue weighted by atomic mass is 16.6. The zero-order valence-electron chi connectivity index (χ0n) is 48.5. The van der Waals surface area contributed by atoms with Crippen molar-refractivity contribution in [1.82, 2.24) is 0 Å². The van der Waals surface area contributed by atoms with E-state index in [1.807, 2.05) is 0 Å². The fourth-order valence-corrected chi connectivity index (χ4v) is 9.52. The van der Waals surface area contributed by atoms with Gasteiger partial charge in [-0.05, 0) is 70.6 Å². The molecule has 6 nitrogen and oxygen atoms in total. The first-order valence-electron chi connectivity index (χ1n) is 32.0. The van der Waals surface area contributed by atoms with Crippen LogP contribution in [0.25, 0.3) is 0 Å². The molecule has 0 saturated carbocycles. The van der Waals surface area contributed by atoms with Crippen LogP contribution < -0.4 is 0 Å². The molecule has 6 heteroatoms. The summed E-state index contributed by atoms with van der Waals surface area (Å²) in [5, 5.41) is 0. The molecule has 0 N–H and O–H groups in total. The fraction of sp³-hybridized carbons (Fsp3) is 0.864. The van der Waals surface area contributed by atoms with Gasteiger partial charge in [0, 0.05) is 19.3 Å². The maximum absolute atomic E-state index is 12.8. The van der Waals surface area contributed by atoms with E-state index in [9.17, 15) is 14.4 Å². The van der Waals surface area contributed by atoms with Gasteiger partial charge < -0.3 is 14.2 Å². The van der Waals surface area contributed by atoms with Gasteiger partial charge in [-0.15, -0.1) is 0 Å². The minimum absolute atomic E-state index is 0.0769. The standard InChI is InChI=1S/C66H122O6/c1-4-7-10-13-16-19-22-24-26-27-28-29-30-31-32-33-34-35-36-37-38-40-41-44-47-50-53-56-59-65(68)71-62-63(61-70-64(67)58-55-52-49-46-43-21-18-15-12-9-6-3)72-66(69)60-57-54-51-48-45-42-39-25-23-20-17-14-11-8-5-2/h15,17-18,20,25,39,63H,4-14,16,19,21-24,26-38,40-62H2,1-3H3/b18-15-,20-17-,39-25-. The zero-order valence-corrected chi connectivity index (χ0v) is 48.5. The van der Waals surface area contributed by atoms with Crippen molar-refractivity contribution in [3.05, 3.63) is 36.5 Å². The third-order valence-electron chi connectivity index (χ3n) is 14.4. The summed E-state index contributed by atoms with van der Waals surface area (Å²) in [6, 6.07) is 0. The molecule has 0 saturated heterocycles. The van der Waals surface area contributed by atoms with E-state index in [2.05, 4.69) is 57.2 Å². The van der Waals surface area contributed by atoms with Crippen LogP contribution in [0.4, 0.5) is 0 Å². The molecule has 0 aromatic carbocycles. The smallest absolute Gasteiger partial charge is 0.306 e. The molecule has 422 valence electrons. The molecular formula is C66H122O6. The molecule has 0 aliphatic carbocycles. The van der Waals surface area contributed by atoms with Gasteiger partial charge in [-0.1, -0.05) is 295 Å². The summed E-state index contributed by atoms with van der Waals surface area (Å²) in [7, 11) is 0. The van der Waals surface area contributed by atoms with Crippen LogP contribution in [0.15, 0.2) is 36.5 Å². The third-order valence-corrected chi connectivity index (χ3v) is 14.4. The third kappa shape index (κ3) is 58.5. The second kappa shape index (κ2) is 61.2. The van der Waals surface area contributed by atoms with E-state index in [4.69, 9.17) is 14.2 Å². The van der Waals surface area contributed by atoms with E-state index in [0.29, 0.717) is 19.3 Å². The molecule has 0 aliphatic heterocycles. The maximum Gasteiger partial charge on any atom is 0.306 e. The molecule has 1 atom stereocenters. The molecular weight excluding hydrogens is 889 g/mol. The van der Waals surface area contributed by atoms with Gasteiger partial charge in [-0.3, -0.25) is 14.4 Å². The van der Waals surface area contributed by atoms with E-state index < -0.39 is 6.10 Å². The summed E-state index contributed by atoms with van der Waals surface area (Å²) in [5.74, 6) is -0.882. The number of unbranched alkanes of at least 4 members (excludes halogenated alkanes) is 42. The van der Waals surface area contributed by atoms with Crippen molar-refractivity contribution in [2.75, 3.05) is 13.2 Å². The van der Waals surface area contributed by atoms with Crippen LogP contribution in [-0.2, 0) is 28.6 Å². The Hall–Kier alpha value is -2.37. The Labute approximate surface area is 448 Å². The maximum atomic E-state index is 12.8. The molecule has 0 heterocycles. The molecule has 0 aliphatic rings. The second-order valence-corrected chi connectivity index (χ2v) is 21.7. The van der Waals surface area contributed by atoms with Crippen molar-refractivity contribution in [1.29, 1.82) is 0 Å². The Balaban J connectivity index is 4.13. The summed E-state index contributed by atoms with van der Waals surface area (Å²) >= 11 is 0. The first-order chi connectivity index (χ1) is 35.5. The first kappa shape index (κ1) is 69.6. The largest absolute Gasteiger partial charge is 0.462 e. The zero-order chi connectivity index (χ0) is 52.2. The molecule has 0 radical (unpaired) electrons. The fourth-order valence-electron chi connectivity index (χ4n) is 9.52. The number of allylic oxidation sites excluding steroid dienone is 6. The van der Waals surface area contributed by atoms with Gasteiger partial charge in [0.25, 0.3) is 0 Å². The van der Waals surface area contributed by atoms with Crippen molar-refractivity contribution in [3.63, 3.8) is 0 Å². The molecule has 72 heavy (non-hydrogen) atoms. The molecule has 0 amide bonds. The van der Waals surface area contributed by atoms with Gasteiger partial charge in [0.1, 0.15) is 13.2 Å². The first-order valence-corrected chi connectivity index (χ1v) is 32.0. The number of carbonyl (C=O) groups is 3. The van der Waals surface area contributed by atoms with Gasteiger partial charge in [0.2, 0.25) is 0 Å². The molecule has 0 aromatic rings. The van der Waals surface area contributed by atoms with Gasteiger partial charge in [0.05, 0.1) is 0 Å². The quantitative estimate of drug-likeness (QED) is 0.0261. The summed E-state index contributed by atoms with van der Waals surface area (Å²) in [6.07, 6.45) is 74.6. The summed E-state index contributed by atoms with van der Waals surface area (Å²) in [5.41, 5.74) is 0. The highest BCUT2D eigenvalue weighted by molar-refractivity contribution is 5.71. The van der Waals surface area contributed by atoms with Crippen LogP contribution in [0, 0.1) is 0 Å². The number of hydrogen-bond acceptors (Lipinski definition) is 6. The number of esters is 3. The van der Waals surface area contributed by atoms with Gasteiger partial charge >= 0.3 is 17.9 Å². The summed E-state index contributed by atoms with van der Waals surface area (Å²) in [6.45, 7) is 6.61. The van der Waals surface area contributed by atoms with Crippen LogP contribution in [0.5, 0.6) is 0 Å². The van der Waals surface area contributed by atoms with Gasteiger partial charge in [-0.2, -0.15) is 0 Å². The normalized spacial score (nSPS) is 12.2. The highest BCUT2D eigenvalue weighted by Crippen LogP contribution is 2.18. The van der Waals surface area contributed by atoms with Crippen LogP contribution in [0.2, 0.25) is 0 Å². The number of hydrogen-bond donors (Lipinski definition) is 0. The number of rotatable bonds is 59. The SMILES string of the molecule is CCCC/C=C\CCCCCCCC(=O)OCC(COC(=O)CCCCCCCCCCCCCCCCCCCCCCCCCCCCCC)OC(=O)CCCCCCC/C=C\C/C=C\CCCCC. The van der Waals surface area contributed by atoms with E-state index >= 15 is 0 Å². The Morgan fingerprint density at radius 2 is 0.514 bits per heavy atom. The Morgan fingerprint density at radius 3 is 0.847 bits per heavy atom. The van der Waals surface area contributed by atoms with Gasteiger partial charge in [-0.25, -0.2) is 0 Å². The highest BCUT2D eigenvalue weighted by Gasteiger charge is 2.19. The van der Waals surface area contributed by atoms with Crippen LogP contribution in [0.3, 0.4) is 0 Å². The average Bonchev–Trinajstić information content (AvgIpc) is 3.38. The predicted octanol–water partition coefficient (Wildman–Crippen LogP) is 21.6. The lowest BCUT2D eigenvalue weighted by molar-refractivity contribution is -0.167. The molecule has 0 bridgehead atoms. The lowest BCUT2D eigenvalue weighted by atomic mass is 10.0. The summed E-state index contributed by atoms with van der Waals surface area (Å²) in [4.78, 5) is 38.2. The number of ether oxygens (including phenoxy) is 3. The minimum atomic E-state index is -0.780. The van der Waals surface area contributed by atoms with Crippen molar-refractivity contribution >= 4 is 17.9 Å². The Morgan fingerprint density at radius 1 is 0.278 bits per heavy atom. The van der Waals surface area contributed by atoms with E-state index in [1.54, 1.807) is 0 Å². The lowest BCUT2D eigenvalue weighted by Gasteiger charge is -2.18. The molecule has 0 fully saturated rings. The lowest BCUT2D eigenvalue weighted by Crippen LogP contribution is -2.30. The molecule has 0 rings (SSSR count). The van der Waals surface area contributed by atoms with Crippen molar-refractivity contribution in [2.45, 2.75) is 354 Å². The molecule has 1 unspecified atom stereocenters. The van der Waals surface area contributed by atoms with Crippen LogP contribution in [-0.4, -0.2) is 37.2 Å². The van der Waals surface area contributed by atoms with Crippen molar-refractivity contribution < 1.29 is 28.6 Å². The monoisotopic (exact) mass is 1010 g/mol. The topological polar surface area (TPSA) is 78.9 Å². The Bertz CT molecular complexity index is 1210. The predicted molar refractivity (Wildman–Crippen MR) is 312 cm³/mol. The van der Waals surface area contributed by atoms with E-state index in [-0.39, 0.29) is 31.1 Å². The Kier molecular flexibility index (Phi) is 59.2. The molecule has 0 spiro atoms. The van der Waals surface area contributed by atoms with E-state index in [1.165, 1.54) is 218 Å². The average molecular weight is 1010 g/mol. The van der Waals surface area contributed by atoms with Crippen molar-refractivity contribution in [2.24, 2.45) is 0 Å². The van der Waals surface area contributed by atoms with Gasteiger partial charge in [0.15, 0.2) is 6.10 Å². The molecule has 0 aromatic heterocycles.